The van der Waals surface area contributed by atoms with Crippen LogP contribution in [-0.2, 0) is 0 Å². The van der Waals surface area contributed by atoms with E-state index in [1.165, 1.54) is 0 Å². The summed E-state index contributed by atoms with van der Waals surface area (Å²) in [5.74, 6) is 0. The van der Waals surface area contributed by atoms with Gasteiger partial charge in [0.1, 0.15) is 4.99 Å². The second kappa shape index (κ2) is 5.47. The van der Waals surface area contributed by atoms with E-state index in [1.807, 2.05) is 18.2 Å². The van der Waals surface area contributed by atoms with Crippen LogP contribution in [0.5, 0.6) is 0 Å². The van der Waals surface area contributed by atoms with Gasteiger partial charge in [-0.25, -0.2) is 0 Å². The van der Waals surface area contributed by atoms with Crippen LogP contribution >= 0.6 is 28.1 Å². The molecule has 0 spiro atoms. The zero-order valence-electron chi connectivity index (χ0n) is 8.88. The zero-order chi connectivity index (χ0) is 11.4. The van der Waals surface area contributed by atoms with Crippen LogP contribution in [0.2, 0.25) is 0 Å². The maximum absolute atomic E-state index is 5.55. The van der Waals surface area contributed by atoms with Gasteiger partial charge in [0.05, 0.1) is 0 Å². The first kappa shape index (κ1) is 12.5. The Morgan fingerprint density at radius 2 is 2.27 bits per heavy atom. The number of anilines is 1. The van der Waals surface area contributed by atoms with E-state index in [-0.39, 0.29) is 0 Å². The molecular formula is C11H15BrN2S. The summed E-state index contributed by atoms with van der Waals surface area (Å²) in [4.78, 5) is 0.422. The number of nitrogens with one attached hydrogen (secondary N) is 1. The molecule has 4 heteroatoms. The summed E-state index contributed by atoms with van der Waals surface area (Å²) in [6, 6.07) is 6.31. The summed E-state index contributed by atoms with van der Waals surface area (Å²) in [7, 11) is 0. The molecule has 2 nitrogen and oxygen atoms in total. The molecule has 1 aromatic rings. The highest BCUT2D eigenvalue weighted by molar-refractivity contribution is 9.10. The van der Waals surface area contributed by atoms with E-state index in [9.17, 15) is 0 Å². The van der Waals surface area contributed by atoms with Gasteiger partial charge in [0.25, 0.3) is 0 Å². The molecule has 0 heterocycles. The highest BCUT2D eigenvalue weighted by Crippen LogP contribution is 2.24. The third-order valence-corrected chi connectivity index (χ3v) is 3.16. The fraction of sp³-hybridized carbons (Fsp3) is 0.364. The van der Waals surface area contributed by atoms with Crippen molar-refractivity contribution in [3.63, 3.8) is 0 Å². The second-order valence-corrected chi connectivity index (χ2v) is 4.81. The van der Waals surface area contributed by atoms with E-state index in [0.717, 1.165) is 22.1 Å². The number of benzene rings is 1. The maximum atomic E-state index is 5.55. The number of rotatable bonds is 4. The third-order valence-electron chi connectivity index (χ3n) is 2.27. The van der Waals surface area contributed by atoms with Gasteiger partial charge in [0, 0.05) is 21.8 Å². The van der Waals surface area contributed by atoms with Crippen molar-refractivity contribution in [1.29, 1.82) is 0 Å². The minimum absolute atomic E-state index is 0.422. The van der Waals surface area contributed by atoms with Gasteiger partial charge in [-0.2, -0.15) is 0 Å². The van der Waals surface area contributed by atoms with Crippen molar-refractivity contribution < 1.29 is 0 Å². The highest BCUT2D eigenvalue weighted by atomic mass is 79.9. The molecule has 1 rings (SSSR count). The molecule has 0 radical (unpaired) electrons. The standard InChI is InChI=1S/C11H15BrN2S/c1-3-7(2)14-10-5-4-8(11(13)15)6-9(10)12/h4-7,14H,3H2,1-2H3,(H2,13,15). The van der Waals surface area contributed by atoms with Crippen molar-refractivity contribution in [3.8, 4) is 0 Å². The lowest BCUT2D eigenvalue weighted by molar-refractivity contribution is 0.763. The predicted molar refractivity (Wildman–Crippen MR) is 73.4 cm³/mol. The van der Waals surface area contributed by atoms with Crippen LogP contribution in [0.25, 0.3) is 0 Å². The molecule has 0 aliphatic carbocycles. The fourth-order valence-corrected chi connectivity index (χ4v) is 1.77. The van der Waals surface area contributed by atoms with Crippen LogP contribution in [0.15, 0.2) is 22.7 Å². The molecular weight excluding hydrogens is 272 g/mol. The Hall–Kier alpha value is -0.610. The van der Waals surface area contributed by atoms with Crippen molar-refractivity contribution in [2.24, 2.45) is 5.73 Å². The fourth-order valence-electron chi connectivity index (χ4n) is 1.15. The lowest BCUT2D eigenvalue weighted by atomic mass is 10.2. The normalized spacial score (nSPS) is 12.2. The average Bonchev–Trinajstić information content (AvgIpc) is 2.20. The lowest BCUT2D eigenvalue weighted by Crippen LogP contribution is -2.14. The van der Waals surface area contributed by atoms with E-state index in [0.29, 0.717) is 11.0 Å². The number of hydrogen-bond donors (Lipinski definition) is 2. The minimum atomic E-state index is 0.422. The van der Waals surface area contributed by atoms with E-state index in [1.54, 1.807) is 0 Å². The van der Waals surface area contributed by atoms with Gasteiger partial charge in [-0.3, -0.25) is 0 Å². The van der Waals surface area contributed by atoms with Crippen LogP contribution in [0.4, 0.5) is 5.69 Å². The van der Waals surface area contributed by atoms with Crippen LogP contribution < -0.4 is 11.1 Å². The van der Waals surface area contributed by atoms with Gasteiger partial charge < -0.3 is 11.1 Å². The van der Waals surface area contributed by atoms with E-state index in [2.05, 4.69) is 35.1 Å². The average molecular weight is 287 g/mol. The molecule has 0 bridgehead atoms. The summed E-state index contributed by atoms with van der Waals surface area (Å²) in [5, 5.41) is 3.39. The van der Waals surface area contributed by atoms with Crippen molar-refractivity contribution in [3.05, 3.63) is 28.2 Å². The quantitative estimate of drug-likeness (QED) is 0.834. The van der Waals surface area contributed by atoms with E-state index in [4.69, 9.17) is 18.0 Å². The Kier molecular flexibility index (Phi) is 4.54. The van der Waals surface area contributed by atoms with Crippen LogP contribution in [0.3, 0.4) is 0 Å². The Labute approximate surface area is 104 Å². The topological polar surface area (TPSA) is 38.0 Å². The molecule has 0 fully saturated rings. The number of hydrogen-bond acceptors (Lipinski definition) is 2. The van der Waals surface area contributed by atoms with Crippen molar-refractivity contribution >= 4 is 38.8 Å². The first-order valence-electron chi connectivity index (χ1n) is 4.90. The molecule has 1 atom stereocenters. The molecule has 0 amide bonds. The number of halogens is 1. The summed E-state index contributed by atoms with van der Waals surface area (Å²) in [5.41, 5.74) is 7.50. The van der Waals surface area contributed by atoms with Crippen LogP contribution in [-0.4, -0.2) is 11.0 Å². The number of thiocarbonyl (C=S) groups is 1. The summed E-state index contributed by atoms with van der Waals surface area (Å²) >= 11 is 8.41. The Morgan fingerprint density at radius 1 is 1.60 bits per heavy atom. The van der Waals surface area contributed by atoms with Crippen molar-refractivity contribution in [2.45, 2.75) is 26.3 Å². The SMILES string of the molecule is CCC(C)Nc1ccc(C(N)=S)cc1Br. The zero-order valence-corrected chi connectivity index (χ0v) is 11.3. The predicted octanol–water partition coefficient (Wildman–Crippen LogP) is 3.29. The molecule has 0 aromatic heterocycles. The molecule has 3 N–H and O–H groups in total. The van der Waals surface area contributed by atoms with E-state index >= 15 is 0 Å². The van der Waals surface area contributed by atoms with Gasteiger partial charge in [0.2, 0.25) is 0 Å². The third kappa shape index (κ3) is 3.47. The smallest absolute Gasteiger partial charge is 0.104 e. The molecule has 82 valence electrons. The van der Waals surface area contributed by atoms with Crippen molar-refractivity contribution in [1.82, 2.24) is 0 Å². The Balaban J connectivity index is 2.88. The maximum Gasteiger partial charge on any atom is 0.104 e. The summed E-state index contributed by atoms with van der Waals surface area (Å²) < 4.78 is 0.994. The lowest BCUT2D eigenvalue weighted by Gasteiger charge is -2.15. The summed E-state index contributed by atoms with van der Waals surface area (Å²) in [6.45, 7) is 4.29. The number of nitrogens with two attached hydrogens (primary N) is 1. The molecule has 15 heavy (non-hydrogen) atoms. The highest BCUT2D eigenvalue weighted by Gasteiger charge is 2.05. The van der Waals surface area contributed by atoms with Gasteiger partial charge in [-0.05, 0) is 47.5 Å². The van der Waals surface area contributed by atoms with E-state index < -0.39 is 0 Å². The van der Waals surface area contributed by atoms with Gasteiger partial charge in [0.15, 0.2) is 0 Å². The van der Waals surface area contributed by atoms with Gasteiger partial charge in [-0.1, -0.05) is 19.1 Å². The molecule has 0 aliphatic rings. The summed E-state index contributed by atoms with van der Waals surface area (Å²) in [6.07, 6.45) is 1.09. The molecule has 0 saturated carbocycles. The minimum Gasteiger partial charge on any atom is -0.389 e. The Bertz CT molecular complexity index is 366. The molecule has 1 unspecified atom stereocenters. The molecule has 0 aliphatic heterocycles. The largest absolute Gasteiger partial charge is 0.389 e. The first-order chi connectivity index (χ1) is 7.04. The van der Waals surface area contributed by atoms with Crippen LogP contribution in [0.1, 0.15) is 25.8 Å². The van der Waals surface area contributed by atoms with Gasteiger partial charge >= 0.3 is 0 Å². The van der Waals surface area contributed by atoms with Gasteiger partial charge in [-0.15, -0.1) is 0 Å². The molecule has 0 saturated heterocycles. The Morgan fingerprint density at radius 3 is 2.73 bits per heavy atom. The molecule has 1 aromatic carbocycles. The van der Waals surface area contributed by atoms with Crippen LogP contribution in [0, 0.1) is 0 Å². The second-order valence-electron chi connectivity index (χ2n) is 3.51. The monoisotopic (exact) mass is 286 g/mol. The van der Waals surface area contributed by atoms with Crippen molar-refractivity contribution in [2.75, 3.05) is 5.32 Å². The first-order valence-corrected chi connectivity index (χ1v) is 6.10.